The summed E-state index contributed by atoms with van der Waals surface area (Å²) in [6, 6.07) is 5.15. The summed E-state index contributed by atoms with van der Waals surface area (Å²) in [5.41, 5.74) is 6.18. The van der Waals surface area contributed by atoms with Crippen LogP contribution in [-0.2, 0) is 11.2 Å². The lowest BCUT2D eigenvalue weighted by atomic mass is 10.1. The molecule has 0 atom stereocenters. The largest absolute Gasteiger partial charge is 0.354 e. The zero-order chi connectivity index (χ0) is 13.1. The molecule has 0 unspecified atom stereocenters. The number of rotatable bonds is 4. The minimum Gasteiger partial charge on any atom is -0.354 e. The summed E-state index contributed by atoms with van der Waals surface area (Å²) in [5.74, 6) is -0.0816. The maximum absolute atomic E-state index is 11.6. The summed E-state index contributed by atoms with van der Waals surface area (Å²) >= 11 is 11.7. The van der Waals surface area contributed by atoms with E-state index >= 15 is 0 Å². The summed E-state index contributed by atoms with van der Waals surface area (Å²) in [5, 5.41) is 3.71. The SMILES string of the molecule is CC(C)(N)CNC(=O)Cc1ccc(Cl)c(Cl)c1. The van der Waals surface area contributed by atoms with Crippen molar-refractivity contribution in [3.05, 3.63) is 33.8 Å². The molecule has 94 valence electrons. The number of hydrogen-bond acceptors (Lipinski definition) is 2. The Kier molecular flexibility index (Phi) is 4.80. The zero-order valence-electron chi connectivity index (χ0n) is 9.89. The third-order valence-electron chi connectivity index (χ3n) is 2.09. The van der Waals surface area contributed by atoms with Gasteiger partial charge in [0.1, 0.15) is 0 Å². The molecule has 0 radical (unpaired) electrons. The van der Waals surface area contributed by atoms with E-state index in [9.17, 15) is 4.79 Å². The van der Waals surface area contributed by atoms with Crippen LogP contribution in [0.4, 0.5) is 0 Å². The second kappa shape index (κ2) is 5.71. The first-order chi connectivity index (χ1) is 7.78. The molecule has 0 heterocycles. The van der Waals surface area contributed by atoms with E-state index in [0.29, 0.717) is 16.6 Å². The van der Waals surface area contributed by atoms with Crippen molar-refractivity contribution >= 4 is 29.1 Å². The Labute approximate surface area is 111 Å². The van der Waals surface area contributed by atoms with Gasteiger partial charge in [-0.25, -0.2) is 0 Å². The minimum atomic E-state index is -0.409. The summed E-state index contributed by atoms with van der Waals surface area (Å²) in [4.78, 5) is 11.6. The van der Waals surface area contributed by atoms with Gasteiger partial charge in [0.05, 0.1) is 16.5 Å². The van der Waals surface area contributed by atoms with Crippen molar-refractivity contribution in [2.24, 2.45) is 5.73 Å². The Morgan fingerprint density at radius 3 is 2.53 bits per heavy atom. The van der Waals surface area contributed by atoms with Gasteiger partial charge in [-0.1, -0.05) is 29.3 Å². The molecule has 0 aliphatic carbocycles. The fourth-order valence-electron chi connectivity index (χ4n) is 1.22. The molecule has 0 aliphatic heterocycles. The summed E-state index contributed by atoms with van der Waals surface area (Å²) < 4.78 is 0. The fraction of sp³-hybridized carbons (Fsp3) is 0.417. The standard InChI is InChI=1S/C12H16Cl2N2O/c1-12(2,15)7-16-11(17)6-8-3-4-9(13)10(14)5-8/h3-5H,6-7,15H2,1-2H3,(H,16,17). The summed E-state index contributed by atoms with van der Waals surface area (Å²) in [6.07, 6.45) is 0.271. The first-order valence-corrected chi connectivity index (χ1v) is 6.03. The van der Waals surface area contributed by atoms with Crippen LogP contribution in [0.25, 0.3) is 0 Å². The maximum Gasteiger partial charge on any atom is 0.224 e. The monoisotopic (exact) mass is 274 g/mol. The number of amides is 1. The van der Waals surface area contributed by atoms with Gasteiger partial charge in [-0.05, 0) is 31.5 Å². The molecule has 1 amide bonds. The number of hydrogen-bond donors (Lipinski definition) is 2. The number of nitrogens with one attached hydrogen (secondary N) is 1. The predicted octanol–water partition coefficient (Wildman–Crippen LogP) is 2.39. The van der Waals surface area contributed by atoms with Crippen molar-refractivity contribution in [2.45, 2.75) is 25.8 Å². The second-order valence-corrected chi connectivity index (χ2v) is 5.50. The Balaban J connectivity index is 2.54. The molecule has 1 rings (SSSR count). The van der Waals surface area contributed by atoms with E-state index in [0.717, 1.165) is 5.56 Å². The average molecular weight is 275 g/mol. The topological polar surface area (TPSA) is 55.1 Å². The van der Waals surface area contributed by atoms with E-state index in [4.69, 9.17) is 28.9 Å². The molecule has 0 aromatic heterocycles. The molecule has 0 aliphatic rings. The van der Waals surface area contributed by atoms with Gasteiger partial charge in [0.15, 0.2) is 0 Å². The number of halogens is 2. The van der Waals surface area contributed by atoms with Crippen LogP contribution in [-0.4, -0.2) is 18.0 Å². The lowest BCUT2D eigenvalue weighted by Gasteiger charge is -2.18. The second-order valence-electron chi connectivity index (χ2n) is 4.69. The molecule has 0 saturated heterocycles. The van der Waals surface area contributed by atoms with E-state index < -0.39 is 5.54 Å². The van der Waals surface area contributed by atoms with Crippen LogP contribution in [0.15, 0.2) is 18.2 Å². The van der Waals surface area contributed by atoms with E-state index in [1.165, 1.54) is 0 Å². The van der Waals surface area contributed by atoms with E-state index in [-0.39, 0.29) is 12.3 Å². The van der Waals surface area contributed by atoms with Crippen LogP contribution in [0.2, 0.25) is 10.0 Å². The van der Waals surface area contributed by atoms with Crippen molar-refractivity contribution in [1.29, 1.82) is 0 Å². The van der Waals surface area contributed by atoms with Gasteiger partial charge >= 0.3 is 0 Å². The van der Waals surface area contributed by atoms with Gasteiger partial charge in [0, 0.05) is 12.1 Å². The normalized spacial score (nSPS) is 11.4. The van der Waals surface area contributed by atoms with Crippen LogP contribution < -0.4 is 11.1 Å². The van der Waals surface area contributed by atoms with E-state index in [1.807, 2.05) is 13.8 Å². The Morgan fingerprint density at radius 2 is 2.00 bits per heavy atom. The highest BCUT2D eigenvalue weighted by molar-refractivity contribution is 6.42. The Morgan fingerprint density at radius 1 is 1.35 bits per heavy atom. The Bertz CT molecular complexity index is 413. The first kappa shape index (κ1) is 14.3. The van der Waals surface area contributed by atoms with Crippen LogP contribution >= 0.6 is 23.2 Å². The van der Waals surface area contributed by atoms with Gasteiger partial charge in [-0.2, -0.15) is 0 Å². The molecule has 1 aromatic carbocycles. The van der Waals surface area contributed by atoms with Gasteiger partial charge in [-0.15, -0.1) is 0 Å². The minimum absolute atomic E-state index is 0.0816. The first-order valence-electron chi connectivity index (χ1n) is 5.27. The third kappa shape index (κ3) is 5.39. The fourth-order valence-corrected chi connectivity index (χ4v) is 1.54. The number of nitrogens with two attached hydrogens (primary N) is 1. The van der Waals surface area contributed by atoms with Crippen molar-refractivity contribution in [3.63, 3.8) is 0 Å². The molecular formula is C12H16Cl2N2O. The molecule has 3 nitrogen and oxygen atoms in total. The smallest absolute Gasteiger partial charge is 0.224 e. The molecule has 17 heavy (non-hydrogen) atoms. The highest BCUT2D eigenvalue weighted by atomic mass is 35.5. The lowest BCUT2D eigenvalue weighted by molar-refractivity contribution is -0.120. The summed E-state index contributed by atoms with van der Waals surface area (Å²) in [7, 11) is 0. The molecule has 0 fully saturated rings. The highest BCUT2D eigenvalue weighted by Gasteiger charge is 2.12. The van der Waals surface area contributed by atoms with E-state index in [2.05, 4.69) is 5.32 Å². The maximum atomic E-state index is 11.6. The van der Waals surface area contributed by atoms with Crippen LogP contribution in [0.5, 0.6) is 0 Å². The molecule has 0 bridgehead atoms. The lowest BCUT2D eigenvalue weighted by Crippen LogP contribution is -2.45. The van der Waals surface area contributed by atoms with Crippen molar-refractivity contribution < 1.29 is 4.79 Å². The quantitative estimate of drug-likeness (QED) is 0.886. The molecule has 0 saturated carbocycles. The van der Waals surface area contributed by atoms with E-state index in [1.54, 1.807) is 18.2 Å². The van der Waals surface area contributed by atoms with Gasteiger partial charge in [0.2, 0.25) is 5.91 Å². The van der Waals surface area contributed by atoms with Crippen molar-refractivity contribution in [1.82, 2.24) is 5.32 Å². The van der Waals surface area contributed by atoms with Crippen LogP contribution in [0, 0.1) is 0 Å². The molecule has 1 aromatic rings. The highest BCUT2D eigenvalue weighted by Crippen LogP contribution is 2.22. The van der Waals surface area contributed by atoms with Gasteiger partial charge in [-0.3, -0.25) is 4.79 Å². The van der Waals surface area contributed by atoms with Crippen LogP contribution in [0.3, 0.4) is 0 Å². The summed E-state index contributed by atoms with van der Waals surface area (Å²) in [6.45, 7) is 4.14. The van der Waals surface area contributed by atoms with Crippen molar-refractivity contribution in [2.75, 3.05) is 6.54 Å². The third-order valence-corrected chi connectivity index (χ3v) is 2.83. The van der Waals surface area contributed by atoms with Gasteiger partial charge < -0.3 is 11.1 Å². The molecular weight excluding hydrogens is 259 g/mol. The number of benzene rings is 1. The molecule has 5 heteroatoms. The Hall–Kier alpha value is -0.770. The number of carbonyl (C=O) groups is 1. The van der Waals surface area contributed by atoms with Gasteiger partial charge in [0.25, 0.3) is 0 Å². The molecule has 3 N–H and O–H groups in total. The molecule has 0 spiro atoms. The average Bonchev–Trinajstić information content (AvgIpc) is 2.20. The number of carbonyl (C=O) groups excluding carboxylic acids is 1. The predicted molar refractivity (Wildman–Crippen MR) is 71.4 cm³/mol. The zero-order valence-corrected chi connectivity index (χ0v) is 11.4. The van der Waals surface area contributed by atoms with Crippen LogP contribution in [0.1, 0.15) is 19.4 Å². The van der Waals surface area contributed by atoms with Crippen molar-refractivity contribution in [3.8, 4) is 0 Å².